The van der Waals surface area contributed by atoms with Crippen molar-refractivity contribution < 1.29 is 32.2 Å². The number of nitrogens with one attached hydrogen (secondary N) is 2. The first-order valence-corrected chi connectivity index (χ1v) is 10.1. The third-order valence-electron chi connectivity index (χ3n) is 4.12. The number of ether oxygens (including phenoxy) is 4. The second-order valence-corrected chi connectivity index (χ2v) is 7.84. The summed E-state index contributed by atoms with van der Waals surface area (Å²) in [7, 11) is -3.77. The molecule has 0 saturated carbocycles. The fraction of sp³-hybridized carbons (Fsp3) is 0.278. The van der Waals surface area contributed by atoms with Crippen molar-refractivity contribution in [3.8, 4) is 23.0 Å². The Labute approximate surface area is 161 Å². The minimum atomic E-state index is -3.77. The number of hydrogen-bond acceptors (Lipinski definition) is 7. The van der Waals surface area contributed by atoms with Gasteiger partial charge in [0.1, 0.15) is 13.2 Å². The molecule has 0 fully saturated rings. The molecule has 2 N–H and O–H groups in total. The lowest BCUT2D eigenvalue weighted by Gasteiger charge is -2.18. The predicted octanol–water partition coefficient (Wildman–Crippen LogP) is 1.49. The number of hydrogen-bond donors (Lipinski definition) is 2. The number of amides is 1. The van der Waals surface area contributed by atoms with Crippen LogP contribution in [0.25, 0.3) is 0 Å². The van der Waals surface area contributed by atoms with E-state index in [2.05, 4.69) is 10.0 Å². The summed E-state index contributed by atoms with van der Waals surface area (Å²) >= 11 is 0. The number of benzene rings is 2. The molecule has 2 heterocycles. The van der Waals surface area contributed by atoms with Crippen molar-refractivity contribution in [2.45, 2.75) is 11.3 Å². The molecule has 0 radical (unpaired) electrons. The standard InChI is InChI=1S/C18H18N2O7S/c21-18(20-12-1-3-15-16(9-12)27-11-26-15)5-6-19-28(22,23)13-2-4-14-17(10-13)25-8-7-24-14/h1-4,9-10,19H,5-8,11H2,(H,20,21). The van der Waals surface area contributed by atoms with E-state index in [0.717, 1.165) is 0 Å². The molecule has 28 heavy (non-hydrogen) atoms. The molecule has 2 aliphatic heterocycles. The van der Waals surface area contributed by atoms with Gasteiger partial charge in [0.15, 0.2) is 23.0 Å². The first-order chi connectivity index (χ1) is 13.5. The van der Waals surface area contributed by atoms with Gasteiger partial charge < -0.3 is 24.3 Å². The Morgan fingerprint density at radius 1 is 0.893 bits per heavy atom. The van der Waals surface area contributed by atoms with Gasteiger partial charge in [-0.25, -0.2) is 13.1 Å². The lowest BCUT2D eigenvalue weighted by Crippen LogP contribution is -2.28. The zero-order valence-electron chi connectivity index (χ0n) is 14.8. The SMILES string of the molecule is O=C(CCNS(=O)(=O)c1ccc2c(c1)OCCO2)Nc1ccc2c(c1)OCO2. The summed E-state index contributed by atoms with van der Waals surface area (Å²) < 4.78 is 48.5. The third-order valence-corrected chi connectivity index (χ3v) is 5.58. The van der Waals surface area contributed by atoms with Gasteiger partial charge in [0.05, 0.1) is 4.90 Å². The van der Waals surface area contributed by atoms with Gasteiger partial charge in [0.2, 0.25) is 22.7 Å². The molecule has 0 atom stereocenters. The molecule has 0 aromatic heterocycles. The molecule has 0 aliphatic carbocycles. The van der Waals surface area contributed by atoms with E-state index in [0.29, 0.717) is 41.9 Å². The maximum absolute atomic E-state index is 12.4. The van der Waals surface area contributed by atoms with Gasteiger partial charge in [0, 0.05) is 30.8 Å². The summed E-state index contributed by atoms with van der Waals surface area (Å²) in [5.74, 6) is 1.73. The monoisotopic (exact) mass is 406 g/mol. The Kier molecular flexibility index (Phi) is 4.97. The average Bonchev–Trinajstić information content (AvgIpc) is 3.15. The molecular formula is C18H18N2O7S. The van der Waals surface area contributed by atoms with Crippen LogP contribution in [0.1, 0.15) is 6.42 Å². The van der Waals surface area contributed by atoms with Crippen LogP contribution in [0.15, 0.2) is 41.3 Å². The van der Waals surface area contributed by atoms with Crippen molar-refractivity contribution in [2.24, 2.45) is 0 Å². The first-order valence-electron chi connectivity index (χ1n) is 8.60. The summed E-state index contributed by atoms with van der Waals surface area (Å²) in [5, 5.41) is 2.69. The Hall–Kier alpha value is -2.98. The van der Waals surface area contributed by atoms with Crippen LogP contribution in [0.5, 0.6) is 23.0 Å². The maximum Gasteiger partial charge on any atom is 0.240 e. The van der Waals surface area contributed by atoms with Crippen LogP contribution in [0.2, 0.25) is 0 Å². The third kappa shape index (κ3) is 3.97. The highest BCUT2D eigenvalue weighted by molar-refractivity contribution is 7.89. The van der Waals surface area contributed by atoms with E-state index in [-0.39, 0.29) is 30.6 Å². The molecule has 0 saturated heterocycles. The fourth-order valence-electron chi connectivity index (χ4n) is 2.77. The Morgan fingerprint density at radius 2 is 1.57 bits per heavy atom. The van der Waals surface area contributed by atoms with Gasteiger partial charge in [-0.15, -0.1) is 0 Å². The number of rotatable bonds is 6. The zero-order chi connectivity index (χ0) is 19.6. The molecule has 10 heteroatoms. The normalized spacial score (nSPS) is 14.6. The highest BCUT2D eigenvalue weighted by Crippen LogP contribution is 2.34. The summed E-state index contributed by atoms with van der Waals surface area (Å²) in [6.07, 6.45) is -0.0295. The molecule has 0 bridgehead atoms. The Bertz CT molecular complexity index is 1010. The van der Waals surface area contributed by atoms with E-state index < -0.39 is 10.0 Å². The number of sulfonamides is 1. The minimum absolute atomic E-state index is 0.0295. The second kappa shape index (κ2) is 7.56. The number of anilines is 1. The van der Waals surface area contributed by atoms with E-state index in [1.807, 2.05) is 0 Å². The van der Waals surface area contributed by atoms with Crippen molar-refractivity contribution in [2.75, 3.05) is 31.9 Å². The quantitative estimate of drug-likeness (QED) is 0.747. The minimum Gasteiger partial charge on any atom is -0.486 e. The van der Waals surface area contributed by atoms with Crippen molar-refractivity contribution in [3.05, 3.63) is 36.4 Å². The van der Waals surface area contributed by atoms with E-state index in [1.54, 1.807) is 24.3 Å². The summed E-state index contributed by atoms with van der Waals surface area (Å²) in [6, 6.07) is 9.42. The molecule has 2 aromatic rings. The van der Waals surface area contributed by atoms with Gasteiger partial charge in [-0.2, -0.15) is 0 Å². The highest BCUT2D eigenvalue weighted by Gasteiger charge is 2.19. The van der Waals surface area contributed by atoms with Crippen LogP contribution in [0.4, 0.5) is 5.69 Å². The van der Waals surface area contributed by atoms with Crippen LogP contribution < -0.4 is 29.0 Å². The van der Waals surface area contributed by atoms with Gasteiger partial charge in [0.25, 0.3) is 0 Å². The molecule has 0 unspecified atom stereocenters. The van der Waals surface area contributed by atoms with E-state index >= 15 is 0 Å². The van der Waals surface area contributed by atoms with Crippen LogP contribution in [0.3, 0.4) is 0 Å². The van der Waals surface area contributed by atoms with Crippen molar-refractivity contribution >= 4 is 21.6 Å². The molecule has 2 aromatic carbocycles. The molecule has 4 rings (SSSR count). The summed E-state index contributed by atoms with van der Waals surface area (Å²) in [4.78, 5) is 12.1. The van der Waals surface area contributed by atoms with Crippen LogP contribution in [-0.2, 0) is 14.8 Å². The van der Waals surface area contributed by atoms with E-state index in [4.69, 9.17) is 18.9 Å². The first kappa shape index (κ1) is 18.4. The molecule has 0 spiro atoms. The second-order valence-electron chi connectivity index (χ2n) is 6.07. The van der Waals surface area contributed by atoms with Crippen LogP contribution in [0, 0.1) is 0 Å². The largest absolute Gasteiger partial charge is 0.486 e. The molecule has 9 nitrogen and oxygen atoms in total. The van der Waals surface area contributed by atoms with Crippen molar-refractivity contribution in [1.29, 1.82) is 0 Å². The lowest BCUT2D eigenvalue weighted by molar-refractivity contribution is -0.116. The molecule has 148 valence electrons. The molecular weight excluding hydrogens is 388 g/mol. The maximum atomic E-state index is 12.4. The zero-order valence-corrected chi connectivity index (χ0v) is 15.6. The van der Waals surface area contributed by atoms with Crippen LogP contribution in [-0.4, -0.2) is 40.9 Å². The number of fused-ring (bicyclic) bond motifs is 2. The molecule has 2 aliphatic rings. The van der Waals surface area contributed by atoms with Gasteiger partial charge in [-0.3, -0.25) is 4.79 Å². The smallest absolute Gasteiger partial charge is 0.240 e. The van der Waals surface area contributed by atoms with Gasteiger partial charge in [-0.05, 0) is 24.3 Å². The average molecular weight is 406 g/mol. The Morgan fingerprint density at radius 3 is 2.43 bits per heavy atom. The van der Waals surface area contributed by atoms with E-state index in [1.165, 1.54) is 12.1 Å². The summed E-state index contributed by atoms with van der Waals surface area (Å²) in [6.45, 7) is 0.890. The molecule has 1 amide bonds. The van der Waals surface area contributed by atoms with Gasteiger partial charge >= 0.3 is 0 Å². The Balaban J connectivity index is 1.32. The van der Waals surface area contributed by atoms with Crippen LogP contribution >= 0.6 is 0 Å². The van der Waals surface area contributed by atoms with Gasteiger partial charge in [-0.1, -0.05) is 0 Å². The highest BCUT2D eigenvalue weighted by atomic mass is 32.2. The van der Waals surface area contributed by atoms with E-state index in [9.17, 15) is 13.2 Å². The predicted molar refractivity (Wildman–Crippen MR) is 98.4 cm³/mol. The topological polar surface area (TPSA) is 112 Å². The fourth-order valence-corrected chi connectivity index (χ4v) is 3.82. The lowest BCUT2D eigenvalue weighted by atomic mass is 10.2. The summed E-state index contributed by atoms with van der Waals surface area (Å²) in [5.41, 5.74) is 0.545. The number of carbonyl (C=O) groups excluding carboxylic acids is 1. The van der Waals surface area contributed by atoms with Crippen molar-refractivity contribution in [1.82, 2.24) is 4.72 Å². The number of carbonyl (C=O) groups is 1. The van der Waals surface area contributed by atoms with Crippen molar-refractivity contribution in [3.63, 3.8) is 0 Å².